The third kappa shape index (κ3) is 3.18. The number of benzene rings is 1. The molecule has 1 atom stereocenters. The Kier molecular flexibility index (Phi) is 4.91. The fraction of sp³-hybridized carbons (Fsp3) is 0.294. The Balaban J connectivity index is 1.90. The molecule has 0 radical (unpaired) electrons. The lowest BCUT2D eigenvalue weighted by atomic mass is 10.2. The maximum absolute atomic E-state index is 12.7. The Hall–Kier alpha value is -1.86. The Morgan fingerprint density at radius 1 is 1.33 bits per heavy atom. The molecule has 24 heavy (non-hydrogen) atoms. The van der Waals surface area contributed by atoms with Gasteiger partial charge in [0.2, 0.25) is 0 Å². The summed E-state index contributed by atoms with van der Waals surface area (Å²) in [4.78, 5) is 13.2. The summed E-state index contributed by atoms with van der Waals surface area (Å²) in [6, 6.07) is 5.54. The van der Waals surface area contributed by atoms with Crippen molar-refractivity contribution in [3.05, 3.63) is 41.2 Å². The number of H-pyrrole nitrogens is 1. The molecular formula is C17H19N3O2S2. The molecule has 0 fully saturated rings. The lowest BCUT2D eigenvalue weighted by molar-refractivity contribution is 0.415. The molecule has 2 aromatic heterocycles. The van der Waals surface area contributed by atoms with Gasteiger partial charge in [-0.2, -0.15) is 0 Å². The average molecular weight is 361 g/mol. The highest BCUT2D eigenvalue weighted by Crippen LogP contribution is 2.27. The Morgan fingerprint density at radius 2 is 2.12 bits per heavy atom. The number of imidazole rings is 1. The van der Waals surface area contributed by atoms with E-state index in [-0.39, 0.29) is 0 Å². The molecule has 126 valence electrons. The van der Waals surface area contributed by atoms with Crippen molar-refractivity contribution in [2.45, 2.75) is 29.7 Å². The molecule has 0 bridgehead atoms. The smallest absolute Gasteiger partial charge is 0.197 e. The number of ether oxygens (including phenoxy) is 1. The van der Waals surface area contributed by atoms with E-state index in [4.69, 9.17) is 4.74 Å². The second kappa shape index (κ2) is 6.94. The van der Waals surface area contributed by atoms with Gasteiger partial charge in [0.05, 0.1) is 40.4 Å². The molecule has 1 N–H and O–H groups in total. The number of hydrogen-bond donors (Lipinski definition) is 1. The first-order valence-corrected chi connectivity index (χ1v) is 9.99. The van der Waals surface area contributed by atoms with Gasteiger partial charge in [0.1, 0.15) is 5.75 Å². The van der Waals surface area contributed by atoms with Crippen LogP contribution in [0.2, 0.25) is 0 Å². The van der Waals surface area contributed by atoms with Crippen LogP contribution in [0.15, 0.2) is 34.4 Å². The van der Waals surface area contributed by atoms with Crippen molar-refractivity contribution in [2.75, 3.05) is 13.4 Å². The summed E-state index contributed by atoms with van der Waals surface area (Å²) in [7, 11) is 0.335. The summed E-state index contributed by atoms with van der Waals surface area (Å²) in [6.07, 6.45) is 3.89. The minimum absolute atomic E-state index is 0.344. The molecular weight excluding hydrogens is 342 g/mol. The maximum atomic E-state index is 12.7. The molecule has 2 heterocycles. The number of thioether (sulfide) groups is 1. The molecule has 0 saturated heterocycles. The highest BCUT2D eigenvalue weighted by molar-refractivity contribution is 7.98. The molecule has 0 amide bonds. The zero-order valence-electron chi connectivity index (χ0n) is 14.0. The van der Waals surface area contributed by atoms with Crippen molar-refractivity contribution < 1.29 is 8.95 Å². The van der Waals surface area contributed by atoms with E-state index in [1.807, 2.05) is 44.5 Å². The largest absolute Gasteiger partial charge is 0.497 e. The van der Waals surface area contributed by atoms with Crippen LogP contribution in [0.4, 0.5) is 0 Å². The molecule has 0 aliphatic rings. The third-order valence-electron chi connectivity index (χ3n) is 3.90. The standard InChI is InChI=1S/C17H19N3O2S2/c1-10-8-18-15(11(2)16(10)23-4)9-24(21)17-19-13-6-5-12(22-3)7-14(13)20-17/h5-8H,9H2,1-4H3,(H,19,20). The van der Waals surface area contributed by atoms with E-state index in [9.17, 15) is 4.21 Å². The Morgan fingerprint density at radius 3 is 2.83 bits per heavy atom. The zero-order valence-corrected chi connectivity index (χ0v) is 15.7. The van der Waals surface area contributed by atoms with Crippen LogP contribution in [0.5, 0.6) is 5.75 Å². The number of aromatic amines is 1. The van der Waals surface area contributed by atoms with Crippen molar-refractivity contribution >= 4 is 33.6 Å². The van der Waals surface area contributed by atoms with E-state index in [2.05, 4.69) is 15.0 Å². The van der Waals surface area contributed by atoms with E-state index < -0.39 is 10.8 Å². The molecule has 1 unspecified atom stereocenters. The average Bonchev–Trinajstić information content (AvgIpc) is 3.01. The first-order valence-electron chi connectivity index (χ1n) is 7.44. The predicted octanol–water partition coefficient (Wildman–Crippen LogP) is 3.61. The Labute approximate surface area is 147 Å². The second-order valence-electron chi connectivity index (χ2n) is 5.46. The number of rotatable bonds is 5. The van der Waals surface area contributed by atoms with Crippen LogP contribution >= 0.6 is 11.8 Å². The van der Waals surface area contributed by atoms with E-state index >= 15 is 0 Å². The van der Waals surface area contributed by atoms with E-state index in [0.29, 0.717) is 10.9 Å². The molecule has 0 saturated carbocycles. The zero-order chi connectivity index (χ0) is 17.3. The van der Waals surface area contributed by atoms with Crippen LogP contribution in [-0.2, 0) is 16.6 Å². The minimum atomic E-state index is -1.28. The Bertz CT molecular complexity index is 922. The number of aromatic nitrogens is 3. The van der Waals surface area contributed by atoms with Crippen LogP contribution in [-0.4, -0.2) is 32.5 Å². The molecule has 0 aliphatic heterocycles. The second-order valence-corrected chi connectivity index (χ2v) is 7.64. The monoisotopic (exact) mass is 361 g/mol. The number of nitrogens with zero attached hydrogens (tertiary/aromatic N) is 2. The van der Waals surface area contributed by atoms with Crippen molar-refractivity contribution in [1.82, 2.24) is 15.0 Å². The van der Waals surface area contributed by atoms with Crippen LogP contribution in [0.3, 0.4) is 0 Å². The highest BCUT2D eigenvalue weighted by Gasteiger charge is 2.15. The van der Waals surface area contributed by atoms with Gasteiger partial charge in [0, 0.05) is 17.2 Å². The first-order chi connectivity index (χ1) is 11.5. The van der Waals surface area contributed by atoms with Crippen LogP contribution < -0.4 is 4.74 Å². The molecule has 3 aromatic rings. The maximum Gasteiger partial charge on any atom is 0.197 e. The summed E-state index contributed by atoms with van der Waals surface area (Å²) < 4.78 is 17.9. The molecule has 3 rings (SSSR count). The van der Waals surface area contributed by atoms with Crippen molar-refractivity contribution in [1.29, 1.82) is 0 Å². The fourth-order valence-corrected chi connectivity index (χ4v) is 4.51. The topological polar surface area (TPSA) is 67.9 Å². The fourth-order valence-electron chi connectivity index (χ4n) is 2.61. The van der Waals surface area contributed by atoms with Crippen molar-refractivity contribution in [3.8, 4) is 5.75 Å². The highest BCUT2D eigenvalue weighted by atomic mass is 32.2. The summed E-state index contributed by atoms with van der Waals surface area (Å²) >= 11 is 1.69. The van der Waals surface area contributed by atoms with Gasteiger partial charge in [-0.15, -0.1) is 11.8 Å². The number of fused-ring (bicyclic) bond motifs is 1. The molecule has 5 nitrogen and oxygen atoms in total. The van der Waals surface area contributed by atoms with Gasteiger partial charge in [-0.25, -0.2) is 4.98 Å². The lowest BCUT2D eigenvalue weighted by Gasteiger charge is -2.10. The minimum Gasteiger partial charge on any atom is -0.497 e. The summed E-state index contributed by atoms with van der Waals surface area (Å²) in [5, 5.41) is 0.464. The number of nitrogens with one attached hydrogen (secondary N) is 1. The van der Waals surface area contributed by atoms with E-state index in [0.717, 1.165) is 33.6 Å². The quantitative estimate of drug-likeness (QED) is 0.703. The normalized spacial score (nSPS) is 12.5. The van der Waals surface area contributed by atoms with Crippen LogP contribution in [0.25, 0.3) is 11.0 Å². The first kappa shape index (κ1) is 17.0. The molecule has 7 heteroatoms. The van der Waals surface area contributed by atoms with Gasteiger partial charge in [-0.1, -0.05) is 0 Å². The van der Waals surface area contributed by atoms with Crippen molar-refractivity contribution in [2.24, 2.45) is 0 Å². The number of hydrogen-bond acceptors (Lipinski definition) is 5. The number of methoxy groups -OCH3 is 1. The van der Waals surface area contributed by atoms with Gasteiger partial charge in [0.15, 0.2) is 5.16 Å². The SMILES string of the molecule is COc1ccc2nc(S(=O)Cc3ncc(C)c(SC)c3C)[nH]c2c1. The predicted molar refractivity (Wildman–Crippen MR) is 98.3 cm³/mol. The molecule has 0 spiro atoms. The van der Waals surface area contributed by atoms with Crippen molar-refractivity contribution in [3.63, 3.8) is 0 Å². The summed E-state index contributed by atoms with van der Waals surface area (Å²) in [6.45, 7) is 4.07. The molecule has 0 aliphatic carbocycles. The molecule has 1 aromatic carbocycles. The third-order valence-corrected chi connectivity index (χ3v) is 6.10. The van der Waals surface area contributed by atoms with Gasteiger partial charge < -0.3 is 9.72 Å². The van der Waals surface area contributed by atoms with Crippen LogP contribution in [0, 0.1) is 13.8 Å². The van der Waals surface area contributed by atoms with E-state index in [1.54, 1.807) is 18.9 Å². The van der Waals surface area contributed by atoms with Crippen LogP contribution in [0.1, 0.15) is 16.8 Å². The van der Waals surface area contributed by atoms with Gasteiger partial charge in [0.25, 0.3) is 0 Å². The van der Waals surface area contributed by atoms with Gasteiger partial charge in [-0.3, -0.25) is 9.19 Å². The number of aryl methyl sites for hydroxylation is 1. The number of pyridine rings is 1. The van der Waals surface area contributed by atoms with Gasteiger partial charge in [-0.05, 0) is 43.4 Å². The summed E-state index contributed by atoms with van der Waals surface area (Å²) in [5.74, 6) is 1.08. The lowest BCUT2D eigenvalue weighted by Crippen LogP contribution is -2.04. The van der Waals surface area contributed by atoms with Gasteiger partial charge >= 0.3 is 0 Å². The van der Waals surface area contributed by atoms with E-state index in [1.165, 1.54) is 4.90 Å². The summed E-state index contributed by atoms with van der Waals surface area (Å²) in [5.41, 5.74) is 4.67.